The van der Waals surface area contributed by atoms with Crippen LogP contribution in [0.25, 0.3) is 0 Å². The first-order chi connectivity index (χ1) is 4.93. The highest BCUT2D eigenvalue weighted by atomic mass is 16.5. The van der Waals surface area contributed by atoms with Crippen LogP contribution >= 0.6 is 0 Å². The molecule has 1 rings (SSSR count). The minimum atomic E-state index is -0.0938. The summed E-state index contributed by atoms with van der Waals surface area (Å²) in [6, 6.07) is 0. The average molecular weight is 146 g/mol. The van der Waals surface area contributed by atoms with Crippen LogP contribution in [0.4, 0.5) is 0 Å². The second-order valence-electron chi connectivity index (χ2n) is 2.04. The molecule has 0 bridgehead atoms. The summed E-state index contributed by atoms with van der Waals surface area (Å²) >= 11 is 0. The Bertz CT molecular complexity index is 76.9. The molecule has 3 heteroatoms. The van der Waals surface area contributed by atoms with Gasteiger partial charge in [0, 0.05) is 13.7 Å². The second-order valence-corrected chi connectivity index (χ2v) is 2.04. The van der Waals surface area contributed by atoms with E-state index in [1.54, 1.807) is 0 Å². The van der Waals surface area contributed by atoms with Crippen LogP contribution in [-0.2, 0) is 9.53 Å². The molecule has 1 N–H and O–H groups in total. The van der Waals surface area contributed by atoms with Crippen molar-refractivity contribution in [1.82, 2.24) is 0 Å². The van der Waals surface area contributed by atoms with Crippen molar-refractivity contribution in [2.24, 2.45) is 0 Å². The molecule has 0 saturated carbocycles. The van der Waals surface area contributed by atoms with Crippen LogP contribution in [0.2, 0.25) is 0 Å². The Labute approximate surface area is 61.0 Å². The van der Waals surface area contributed by atoms with Gasteiger partial charge in [-0.3, -0.25) is 0 Å². The van der Waals surface area contributed by atoms with Gasteiger partial charge in [-0.15, -0.1) is 0 Å². The van der Waals surface area contributed by atoms with Gasteiger partial charge in [0.25, 0.3) is 0 Å². The summed E-state index contributed by atoms with van der Waals surface area (Å²) in [6.07, 6.45) is 3.97. The molecule has 0 aromatic heterocycles. The first-order valence-electron chi connectivity index (χ1n) is 3.45. The van der Waals surface area contributed by atoms with Gasteiger partial charge < -0.3 is 14.6 Å². The average Bonchev–Trinajstić information content (AvgIpc) is 2.10. The van der Waals surface area contributed by atoms with E-state index in [1.807, 2.05) is 0 Å². The molecule has 3 nitrogen and oxygen atoms in total. The second kappa shape index (κ2) is 6.71. The van der Waals surface area contributed by atoms with Crippen molar-refractivity contribution in [2.45, 2.75) is 25.4 Å². The maximum atomic E-state index is 10.0. The zero-order chi connectivity index (χ0) is 7.82. The molecule has 1 fully saturated rings. The predicted octanol–water partition coefficient (Wildman–Crippen LogP) is 0.363. The highest BCUT2D eigenvalue weighted by Crippen LogP contribution is 2.09. The summed E-state index contributed by atoms with van der Waals surface area (Å²) in [7, 11) is 1.00. The van der Waals surface area contributed by atoms with Crippen molar-refractivity contribution >= 4 is 6.29 Å². The minimum absolute atomic E-state index is 0.0938. The van der Waals surface area contributed by atoms with Crippen molar-refractivity contribution in [3.05, 3.63) is 0 Å². The lowest BCUT2D eigenvalue weighted by Crippen LogP contribution is -2.19. The van der Waals surface area contributed by atoms with Gasteiger partial charge in [-0.2, -0.15) is 0 Å². The molecule has 1 aliphatic heterocycles. The number of ether oxygens (including phenoxy) is 1. The molecule has 1 atom stereocenters. The highest BCUT2D eigenvalue weighted by molar-refractivity contribution is 5.55. The Kier molecular flexibility index (Phi) is 6.43. The van der Waals surface area contributed by atoms with E-state index in [0.29, 0.717) is 0 Å². The van der Waals surface area contributed by atoms with Crippen LogP contribution in [0.15, 0.2) is 0 Å². The molecule has 0 radical (unpaired) electrons. The van der Waals surface area contributed by atoms with Crippen LogP contribution < -0.4 is 0 Å². The Morgan fingerprint density at radius 3 is 2.50 bits per heavy atom. The fourth-order valence-corrected chi connectivity index (χ4v) is 0.873. The van der Waals surface area contributed by atoms with Crippen molar-refractivity contribution in [3.8, 4) is 0 Å². The van der Waals surface area contributed by atoms with Crippen LogP contribution in [-0.4, -0.2) is 31.2 Å². The van der Waals surface area contributed by atoms with Crippen LogP contribution in [0.1, 0.15) is 19.3 Å². The third kappa shape index (κ3) is 3.58. The van der Waals surface area contributed by atoms with Crippen molar-refractivity contribution < 1.29 is 14.6 Å². The van der Waals surface area contributed by atoms with Gasteiger partial charge in [0.15, 0.2) is 0 Å². The molecule has 0 aromatic carbocycles. The lowest BCUT2D eigenvalue weighted by Gasteiger charge is -2.16. The highest BCUT2D eigenvalue weighted by Gasteiger charge is 2.10. The molecule has 0 amide bonds. The monoisotopic (exact) mass is 146 g/mol. The fourth-order valence-electron chi connectivity index (χ4n) is 0.873. The van der Waals surface area contributed by atoms with E-state index in [9.17, 15) is 4.79 Å². The molecule has 0 aliphatic carbocycles. The van der Waals surface area contributed by atoms with Gasteiger partial charge in [0.05, 0.1) is 0 Å². The Balaban J connectivity index is 0.000000371. The first-order valence-corrected chi connectivity index (χ1v) is 3.45. The van der Waals surface area contributed by atoms with Gasteiger partial charge in [-0.05, 0) is 19.3 Å². The van der Waals surface area contributed by atoms with Gasteiger partial charge in [-0.25, -0.2) is 0 Å². The predicted molar refractivity (Wildman–Crippen MR) is 37.8 cm³/mol. The smallest absolute Gasteiger partial charge is 0.148 e. The molecule has 10 heavy (non-hydrogen) atoms. The molecular formula is C7H14O3. The van der Waals surface area contributed by atoms with E-state index < -0.39 is 0 Å². The normalized spacial score (nSPS) is 24.4. The van der Waals surface area contributed by atoms with Crippen LogP contribution in [0, 0.1) is 0 Å². The minimum Gasteiger partial charge on any atom is -0.400 e. The third-order valence-electron chi connectivity index (χ3n) is 1.37. The zero-order valence-electron chi connectivity index (χ0n) is 6.25. The number of hydrogen-bond donors (Lipinski definition) is 1. The third-order valence-corrected chi connectivity index (χ3v) is 1.37. The number of hydrogen-bond acceptors (Lipinski definition) is 3. The summed E-state index contributed by atoms with van der Waals surface area (Å²) in [4.78, 5) is 10.0. The molecule has 1 aliphatic rings. The molecule has 0 spiro atoms. The number of aliphatic hydroxyl groups excluding tert-OH is 1. The number of aldehydes is 1. The Morgan fingerprint density at radius 1 is 1.50 bits per heavy atom. The van der Waals surface area contributed by atoms with Gasteiger partial charge in [0.2, 0.25) is 0 Å². The van der Waals surface area contributed by atoms with E-state index in [4.69, 9.17) is 9.84 Å². The fraction of sp³-hybridized carbons (Fsp3) is 0.857. The van der Waals surface area contributed by atoms with Gasteiger partial charge in [-0.1, -0.05) is 0 Å². The van der Waals surface area contributed by atoms with E-state index in [0.717, 1.165) is 39.3 Å². The topological polar surface area (TPSA) is 46.5 Å². The first kappa shape index (κ1) is 9.59. The maximum Gasteiger partial charge on any atom is 0.148 e. The molecular weight excluding hydrogens is 132 g/mol. The van der Waals surface area contributed by atoms with E-state index in [2.05, 4.69) is 0 Å². The van der Waals surface area contributed by atoms with E-state index in [-0.39, 0.29) is 6.10 Å². The summed E-state index contributed by atoms with van der Waals surface area (Å²) < 4.78 is 5.06. The summed E-state index contributed by atoms with van der Waals surface area (Å²) in [5.74, 6) is 0. The van der Waals surface area contributed by atoms with Crippen molar-refractivity contribution in [2.75, 3.05) is 13.7 Å². The Hall–Kier alpha value is -0.410. The Morgan fingerprint density at radius 2 is 2.20 bits per heavy atom. The molecule has 1 unspecified atom stereocenters. The molecule has 0 aromatic rings. The molecule has 1 heterocycles. The quantitative estimate of drug-likeness (QED) is 0.543. The number of rotatable bonds is 1. The van der Waals surface area contributed by atoms with Gasteiger partial charge in [0.1, 0.15) is 12.4 Å². The number of aliphatic hydroxyl groups is 1. The summed E-state index contributed by atoms with van der Waals surface area (Å²) in [5, 5.41) is 7.00. The number of carbonyl (C=O) groups is 1. The van der Waals surface area contributed by atoms with E-state index >= 15 is 0 Å². The lowest BCUT2D eigenvalue weighted by atomic mass is 10.1. The van der Waals surface area contributed by atoms with E-state index in [1.165, 1.54) is 0 Å². The lowest BCUT2D eigenvalue weighted by molar-refractivity contribution is -0.120. The van der Waals surface area contributed by atoms with Crippen LogP contribution in [0.5, 0.6) is 0 Å². The van der Waals surface area contributed by atoms with Crippen LogP contribution in [0.3, 0.4) is 0 Å². The van der Waals surface area contributed by atoms with Crippen molar-refractivity contribution in [1.29, 1.82) is 0 Å². The molecule has 1 saturated heterocycles. The maximum absolute atomic E-state index is 10.0. The summed E-state index contributed by atoms with van der Waals surface area (Å²) in [5.41, 5.74) is 0. The standard InChI is InChI=1S/C6H10O2.CH4O/c7-5-6-3-1-2-4-8-6;1-2/h5-6H,1-4H2;2H,1H3. The van der Waals surface area contributed by atoms with Crippen molar-refractivity contribution in [3.63, 3.8) is 0 Å². The molecule has 60 valence electrons. The van der Waals surface area contributed by atoms with Gasteiger partial charge >= 0.3 is 0 Å². The number of carbonyl (C=O) groups excluding carboxylic acids is 1. The largest absolute Gasteiger partial charge is 0.400 e. The SMILES string of the molecule is CO.O=CC1CCCCO1. The summed E-state index contributed by atoms with van der Waals surface area (Å²) in [6.45, 7) is 0.767. The zero-order valence-corrected chi connectivity index (χ0v) is 6.25.